The molecule has 0 aliphatic rings. The van der Waals surface area contributed by atoms with E-state index in [1.165, 1.54) is 0 Å². The second-order valence-corrected chi connectivity index (χ2v) is 6.80. The number of nitrogens with zero attached hydrogens (tertiary/aromatic N) is 1. The number of nitrogens with one attached hydrogen (secondary N) is 1. The maximum Gasteiger partial charge on any atom is 0.212 e. The molecular formula is C15H20N2O3S. The minimum absolute atomic E-state index is 0.0831. The lowest BCUT2D eigenvalue weighted by molar-refractivity contribution is 0.463. The molecule has 5 nitrogen and oxygen atoms in total. The number of sulfonamides is 1. The Morgan fingerprint density at radius 1 is 1.24 bits per heavy atom. The highest BCUT2D eigenvalue weighted by Gasteiger charge is 2.14. The van der Waals surface area contributed by atoms with E-state index in [1.54, 1.807) is 0 Å². The van der Waals surface area contributed by atoms with Crippen molar-refractivity contribution in [3.63, 3.8) is 0 Å². The van der Waals surface area contributed by atoms with Gasteiger partial charge < -0.3 is 4.42 Å². The molecule has 1 aromatic heterocycles. The topological polar surface area (TPSA) is 72.2 Å². The normalized spacial score (nSPS) is 11.7. The molecule has 0 amide bonds. The second kappa shape index (κ2) is 6.87. The Kier molecular flexibility index (Phi) is 5.14. The van der Waals surface area contributed by atoms with Gasteiger partial charge in [-0.15, -0.1) is 0 Å². The van der Waals surface area contributed by atoms with E-state index in [2.05, 4.69) is 9.71 Å². The summed E-state index contributed by atoms with van der Waals surface area (Å²) in [6.45, 7) is 3.86. The Morgan fingerprint density at radius 2 is 1.95 bits per heavy atom. The first-order valence-electron chi connectivity index (χ1n) is 7.01. The van der Waals surface area contributed by atoms with E-state index in [4.69, 9.17) is 4.42 Å². The number of aromatic nitrogens is 1. The first kappa shape index (κ1) is 15.7. The molecule has 0 spiro atoms. The fraction of sp³-hybridized carbons (Fsp3) is 0.400. The van der Waals surface area contributed by atoms with Gasteiger partial charge in [-0.05, 0) is 13.3 Å². The number of oxazole rings is 1. The third-order valence-corrected chi connectivity index (χ3v) is 4.51. The van der Waals surface area contributed by atoms with Crippen molar-refractivity contribution in [1.82, 2.24) is 9.71 Å². The Morgan fingerprint density at radius 3 is 2.62 bits per heavy atom. The van der Waals surface area contributed by atoms with Crippen LogP contribution in [0.4, 0.5) is 0 Å². The summed E-state index contributed by atoms with van der Waals surface area (Å²) in [6.07, 6.45) is 1.49. The fourth-order valence-electron chi connectivity index (χ4n) is 1.97. The molecule has 0 aliphatic carbocycles. The van der Waals surface area contributed by atoms with Crippen LogP contribution in [0.2, 0.25) is 0 Å². The Bertz CT molecular complexity index is 678. The zero-order chi connectivity index (χ0) is 15.3. The maximum atomic E-state index is 11.7. The number of rotatable bonds is 7. The largest absolute Gasteiger partial charge is 0.444 e. The van der Waals surface area contributed by atoms with Gasteiger partial charge in [-0.2, -0.15) is 0 Å². The van der Waals surface area contributed by atoms with E-state index in [0.29, 0.717) is 18.1 Å². The first-order valence-corrected chi connectivity index (χ1v) is 8.66. The van der Waals surface area contributed by atoms with Gasteiger partial charge in [-0.1, -0.05) is 43.7 Å². The van der Waals surface area contributed by atoms with E-state index in [0.717, 1.165) is 17.7 Å². The quantitative estimate of drug-likeness (QED) is 0.853. The van der Waals surface area contributed by atoms with Crippen molar-refractivity contribution in [1.29, 1.82) is 0 Å². The van der Waals surface area contributed by atoms with Crippen molar-refractivity contribution in [3.05, 3.63) is 42.0 Å². The number of unbranched alkanes of at least 4 members (excludes halogenated alkanes) is 1. The maximum absolute atomic E-state index is 11.7. The van der Waals surface area contributed by atoms with E-state index in [1.807, 2.05) is 44.2 Å². The Hall–Kier alpha value is -1.66. The molecule has 0 saturated heterocycles. The summed E-state index contributed by atoms with van der Waals surface area (Å²) in [5, 5.41) is 0. The third kappa shape index (κ3) is 4.41. The molecule has 0 saturated carbocycles. The zero-order valence-corrected chi connectivity index (χ0v) is 13.1. The predicted octanol–water partition coefficient (Wildman–Crippen LogP) is 2.87. The van der Waals surface area contributed by atoms with Gasteiger partial charge in [-0.25, -0.2) is 18.1 Å². The molecule has 0 unspecified atom stereocenters. The molecule has 1 N–H and O–H groups in total. The lowest BCUT2D eigenvalue weighted by atomic mass is 10.1. The van der Waals surface area contributed by atoms with E-state index in [9.17, 15) is 8.42 Å². The van der Waals surface area contributed by atoms with Gasteiger partial charge in [0.05, 0.1) is 12.3 Å². The van der Waals surface area contributed by atoms with Crippen LogP contribution >= 0.6 is 0 Å². The highest BCUT2D eigenvalue weighted by atomic mass is 32.2. The average Bonchev–Trinajstić information content (AvgIpc) is 2.85. The third-order valence-electron chi connectivity index (χ3n) is 3.10. The van der Waals surface area contributed by atoms with E-state index < -0.39 is 10.0 Å². The van der Waals surface area contributed by atoms with Crippen LogP contribution in [0.15, 0.2) is 34.7 Å². The molecule has 2 aromatic rings. The van der Waals surface area contributed by atoms with Crippen LogP contribution in [0.1, 0.15) is 31.4 Å². The fourth-order valence-corrected chi connectivity index (χ4v) is 3.13. The first-order chi connectivity index (χ1) is 10.0. The second-order valence-electron chi connectivity index (χ2n) is 4.87. The average molecular weight is 308 g/mol. The molecule has 21 heavy (non-hydrogen) atoms. The van der Waals surface area contributed by atoms with E-state index >= 15 is 0 Å². The lowest BCUT2D eigenvalue weighted by Crippen LogP contribution is -2.26. The van der Waals surface area contributed by atoms with Gasteiger partial charge in [-0.3, -0.25) is 0 Å². The summed E-state index contributed by atoms with van der Waals surface area (Å²) in [4.78, 5) is 4.37. The summed E-state index contributed by atoms with van der Waals surface area (Å²) in [5.41, 5.74) is 1.71. The monoisotopic (exact) mass is 308 g/mol. The van der Waals surface area contributed by atoms with Gasteiger partial charge >= 0.3 is 0 Å². The standard InChI is InChI=1S/C15H20N2O3S/c1-3-4-10-21(18,19)16-11-14-17-15(12(2)20-14)13-8-6-5-7-9-13/h5-9,16H,3-4,10-11H2,1-2H3. The van der Waals surface area contributed by atoms with Crippen LogP contribution in [0.5, 0.6) is 0 Å². The molecule has 0 fully saturated rings. The molecule has 1 heterocycles. The van der Waals surface area contributed by atoms with Crippen LogP contribution in [-0.2, 0) is 16.6 Å². The molecule has 1 aromatic carbocycles. The minimum atomic E-state index is -3.26. The molecule has 114 valence electrons. The minimum Gasteiger partial charge on any atom is -0.444 e. The van der Waals surface area contributed by atoms with E-state index in [-0.39, 0.29) is 12.3 Å². The highest BCUT2D eigenvalue weighted by molar-refractivity contribution is 7.89. The number of benzene rings is 1. The number of hydrogen-bond acceptors (Lipinski definition) is 4. The smallest absolute Gasteiger partial charge is 0.212 e. The zero-order valence-electron chi connectivity index (χ0n) is 12.3. The Labute approximate surface area is 125 Å². The van der Waals surface area contributed by atoms with Gasteiger partial charge in [0.15, 0.2) is 0 Å². The summed E-state index contributed by atoms with van der Waals surface area (Å²) in [7, 11) is -3.26. The molecule has 2 rings (SSSR count). The van der Waals surface area contributed by atoms with Gasteiger partial charge in [0.25, 0.3) is 0 Å². The van der Waals surface area contributed by atoms with Crippen molar-refractivity contribution in [2.24, 2.45) is 0 Å². The SMILES string of the molecule is CCCCS(=O)(=O)NCc1nc(-c2ccccc2)c(C)o1. The van der Waals surface area contributed by atoms with Crippen LogP contribution in [0.25, 0.3) is 11.3 Å². The van der Waals surface area contributed by atoms with Crippen LogP contribution < -0.4 is 4.72 Å². The van der Waals surface area contributed by atoms with Gasteiger partial charge in [0.1, 0.15) is 11.5 Å². The lowest BCUT2D eigenvalue weighted by Gasteiger charge is -2.03. The Balaban J connectivity index is 2.06. The van der Waals surface area contributed by atoms with Crippen molar-refractivity contribution < 1.29 is 12.8 Å². The highest BCUT2D eigenvalue weighted by Crippen LogP contribution is 2.22. The van der Waals surface area contributed by atoms with Crippen LogP contribution in [0.3, 0.4) is 0 Å². The van der Waals surface area contributed by atoms with Gasteiger partial charge in [0.2, 0.25) is 15.9 Å². The van der Waals surface area contributed by atoms with Crippen LogP contribution in [-0.4, -0.2) is 19.2 Å². The molecule has 0 aliphatic heterocycles. The van der Waals surface area contributed by atoms with Crippen molar-refractivity contribution in [2.45, 2.75) is 33.2 Å². The molecule has 0 radical (unpaired) electrons. The summed E-state index contributed by atoms with van der Waals surface area (Å²) in [5.74, 6) is 1.20. The predicted molar refractivity (Wildman–Crippen MR) is 82.2 cm³/mol. The summed E-state index contributed by atoms with van der Waals surface area (Å²) >= 11 is 0. The summed E-state index contributed by atoms with van der Waals surface area (Å²) < 4.78 is 31.5. The van der Waals surface area contributed by atoms with Gasteiger partial charge in [0, 0.05) is 5.56 Å². The number of aryl methyl sites for hydroxylation is 1. The molecule has 0 bridgehead atoms. The van der Waals surface area contributed by atoms with Crippen molar-refractivity contribution in [3.8, 4) is 11.3 Å². The van der Waals surface area contributed by atoms with Crippen LogP contribution in [0, 0.1) is 6.92 Å². The molecule has 6 heteroatoms. The number of hydrogen-bond donors (Lipinski definition) is 1. The molecular weight excluding hydrogens is 288 g/mol. The molecule has 0 atom stereocenters. The van der Waals surface area contributed by atoms with Crippen molar-refractivity contribution >= 4 is 10.0 Å². The summed E-state index contributed by atoms with van der Waals surface area (Å²) in [6, 6.07) is 9.68. The van der Waals surface area contributed by atoms with Crippen molar-refractivity contribution in [2.75, 3.05) is 5.75 Å².